The van der Waals surface area contributed by atoms with E-state index in [0.29, 0.717) is 60.1 Å². The van der Waals surface area contributed by atoms with Gasteiger partial charge in [-0.05, 0) is 85.3 Å². The van der Waals surface area contributed by atoms with Gasteiger partial charge in [0, 0.05) is 67.6 Å². The highest BCUT2D eigenvalue weighted by Gasteiger charge is 2.32. The van der Waals surface area contributed by atoms with Gasteiger partial charge in [-0.25, -0.2) is 4.39 Å². The predicted molar refractivity (Wildman–Crippen MR) is 169 cm³/mol. The first kappa shape index (κ1) is 28.4. The van der Waals surface area contributed by atoms with Crippen LogP contribution in [0, 0.1) is 5.82 Å². The van der Waals surface area contributed by atoms with Crippen LogP contribution >= 0.6 is 0 Å². The number of morpholine rings is 1. The maximum atomic E-state index is 15.3. The van der Waals surface area contributed by atoms with E-state index >= 15 is 4.39 Å². The molecule has 7 rings (SSSR count). The number of nitrogens with zero attached hydrogens (tertiary/aromatic N) is 4. The van der Waals surface area contributed by atoms with Gasteiger partial charge in [0.25, 0.3) is 11.5 Å². The van der Waals surface area contributed by atoms with Gasteiger partial charge in [0.1, 0.15) is 17.2 Å². The van der Waals surface area contributed by atoms with Gasteiger partial charge in [0.05, 0.1) is 25.5 Å². The number of halogens is 1. The van der Waals surface area contributed by atoms with Crippen molar-refractivity contribution in [3.63, 3.8) is 0 Å². The molecule has 0 spiro atoms. The Kier molecular flexibility index (Phi) is 7.47. The second kappa shape index (κ2) is 11.6. The molecule has 1 saturated heterocycles. The SMILES string of the molecule is Cn1cc(-c2cc(F)cc(N3CCn4c(cc5c4CCCC5)C3=O)c2CO)cc(Nc2ccc(N3CCOCC3)cc2)c1=O. The molecule has 10 heteroatoms. The fraction of sp³-hybridized carbons (Fsp3) is 0.353. The number of rotatable bonds is 6. The van der Waals surface area contributed by atoms with Crippen molar-refractivity contribution in [2.24, 2.45) is 7.05 Å². The number of aliphatic hydroxyl groups excluding tert-OH is 1. The summed E-state index contributed by atoms with van der Waals surface area (Å²) in [6.45, 7) is 3.64. The molecular formula is C34H36FN5O4. The van der Waals surface area contributed by atoms with Crippen LogP contribution in [0.4, 0.5) is 27.1 Å². The molecule has 9 nitrogen and oxygen atoms in total. The first-order valence-electron chi connectivity index (χ1n) is 15.3. The molecule has 44 heavy (non-hydrogen) atoms. The summed E-state index contributed by atoms with van der Waals surface area (Å²) in [6, 6.07) is 14.2. The number of anilines is 4. The standard InChI is InChI=1S/C34H36FN5O4/c1-37-20-23(16-29(33(37)42)36-25-6-8-26(9-7-25)38-12-14-44-15-13-38)27-18-24(35)19-31(28(27)21-41)40-11-10-39-30-5-3-2-4-22(30)17-32(39)34(40)43/h6-9,16-20,36,41H,2-5,10-15,21H2,1H3. The Bertz CT molecular complexity index is 1790. The predicted octanol–water partition coefficient (Wildman–Crippen LogP) is 4.60. The van der Waals surface area contributed by atoms with E-state index in [-0.39, 0.29) is 11.5 Å². The number of hydrogen-bond donors (Lipinski definition) is 2. The lowest BCUT2D eigenvalue weighted by Gasteiger charge is -2.31. The number of amides is 1. The number of aromatic nitrogens is 2. The van der Waals surface area contributed by atoms with E-state index in [1.54, 1.807) is 24.2 Å². The normalized spacial score (nSPS) is 16.6. The lowest BCUT2D eigenvalue weighted by atomic mass is 9.97. The number of aliphatic hydroxyl groups is 1. The van der Waals surface area contributed by atoms with E-state index < -0.39 is 12.4 Å². The molecule has 0 atom stereocenters. The number of aryl methyl sites for hydroxylation is 2. The van der Waals surface area contributed by atoms with E-state index in [2.05, 4.69) is 14.8 Å². The van der Waals surface area contributed by atoms with Gasteiger partial charge < -0.3 is 34.1 Å². The maximum Gasteiger partial charge on any atom is 0.274 e. The van der Waals surface area contributed by atoms with Crippen LogP contribution < -0.4 is 20.7 Å². The second-order valence-corrected chi connectivity index (χ2v) is 11.8. The second-order valence-electron chi connectivity index (χ2n) is 11.8. The highest BCUT2D eigenvalue weighted by atomic mass is 19.1. The number of pyridine rings is 1. The Morgan fingerprint density at radius 1 is 0.955 bits per heavy atom. The van der Waals surface area contributed by atoms with Gasteiger partial charge in [-0.2, -0.15) is 0 Å². The summed E-state index contributed by atoms with van der Waals surface area (Å²) in [5.74, 6) is -0.720. The van der Waals surface area contributed by atoms with Crippen molar-refractivity contribution in [1.29, 1.82) is 0 Å². The van der Waals surface area contributed by atoms with Crippen molar-refractivity contribution in [2.45, 2.75) is 38.8 Å². The van der Waals surface area contributed by atoms with Crippen molar-refractivity contribution in [3.8, 4) is 11.1 Å². The van der Waals surface area contributed by atoms with Gasteiger partial charge in [-0.1, -0.05) is 0 Å². The largest absolute Gasteiger partial charge is 0.392 e. The molecule has 2 aliphatic heterocycles. The van der Waals surface area contributed by atoms with Crippen LogP contribution in [0.1, 0.15) is 40.2 Å². The number of benzene rings is 2. The van der Waals surface area contributed by atoms with Crippen LogP contribution in [-0.4, -0.2) is 53.0 Å². The molecule has 2 aromatic heterocycles. The van der Waals surface area contributed by atoms with Crippen molar-refractivity contribution in [3.05, 3.63) is 93.4 Å². The first-order valence-corrected chi connectivity index (χ1v) is 15.3. The highest BCUT2D eigenvalue weighted by molar-refractivity contribution is 6.07. The molecule has 2 N–H and O–H groups in total. The molecular weight excluding hydrogens is 561 g/mol. The topological polar surface area (TPSA) is 92.0 Å². The molecule has 1 amide bonds. The minimum Gasteiger partial charge on any atom is -0.392 e. The van der Waals surface area contributed by atoms with Crippen LogP contribution in [0.5, 0.6) is 0 Å². The molecule has 228 valence electrons. The zero-order valence-electron chi connectivity index (χ0n) is 24.8. The Balaban J connectivity index is 1.22. The van der Waals surface area contributed by atoms with Crippen molar-refractivity contribution in [2.75, 3.05) is 48.0 Å². The quantitative estimate of drug-likeness (QED) is 0.338. The van der Waals surface area contributed by atoms with Crippen LogP contribution in [0.2, 0.25) is 0 Å². The minimum atomic E-state index is -0.526. The smallest absolute Gasteiger partial charge is 0.274 e. The monoisotopic (exact) mass is 597 g/mol. The first-order chi connectivity index (χ1) is 21.4. The van der Waals surface area contributed by atoms with Gasteiger partial charge in [0.15, 0.2) is 0 Å². The molecule has 1 fully saturated rings. The van der Waals surface area contributed by atoms with Crippen LogP contribution in [0.25, 0.3) is 11.1 Å². The molecule has 1 aliphatic carbocycles. The Hall–Kier alpha value is -4.41. The molecule has 0 radical (unpaired) electrons. The third-order valence-corrected chi connectivity index (χ3v) is 9.08. The number of fused-ring (bicyclic) bond motifs is 3. The molecule has 3 aliphatic rings. The van der Waals surface area contributed by atoms with Crippen LogP contribution in [-0.2, 0) is 37.8 Å². The molecule has 0 unspecified atom stereocenters. The third kappa shape index (κ3) is 5.07. The number of carbonyl (C=O) groups is 1. The van der Waals surface area contributed by atoms with Crippen LogP contribution in [0.3, 0.4) is 0 Å². The fourth-order valence-corrected chi connectivity index (χ4v) is 6.84. The van der Waals surface area contributed by atoms with Gasteiger partial charge >= 0.3 is 0 Å². The Morgan fingerprint density at radius 2 is 1.73 bits per heavy atom. The zero-order valence-corrected chi connectivity index (χ0v) is 24.8. The van der Waals surface area contributed by atoms with Gasteiger partial charge in [0.2, 0.25) is 0 Å². The van der Waals surface area contributed by atoms with E-state index in [1.165, 1.54) is 28.0 Å². The average molecular weight is 598 g/mol. The Morgan fingerprint density at radius 3 is 2.50 bits per heavy atom. The molecule has 2 aromatic carbocycles. The van der Waals surface area contributed by atoms with Gasteiger partial charge in [-0.15, -0.1) is 0 Å². The van der Waals surface area contributed by atoms with Crippen molar-refractivity contribution < 1.29 is 19.0 Å². The fourth-order valence-electron chi connectivity index (χ4n) is 6.84. The van der Waals surface area contributed by atoms with Crippen molar-refractivity contribution >= 4 is 28.7 Å². The van der Waals surface area contributed by atoms with E-state index in [4.69, 9.17) is 4.74 Å². The minimum absolute atomic E-state index is 0.194. The van der Waals surface area contributed by atoms with E-state index in [0.717, 1.165) is 50.1 Å². The number of carbonyl (C=O) groups excluding carboxylic acids is 1. The van der Waals surface area contributed by atoms with Gasteiger partial charge in [-0.3, -0.25) is 9.59 Å². The Labute approximate surface area is 255 Å². The summed E-state index contributed by atoms with van der Waals surface area (Å²) < 4.78 is 24.3. The molecule has 4 aromatic rings. The third-order valence-electron chi connectivity index (χ3n) is 9.08. The van der Waals surface area contributed by atoms with Crippen molar-refractivity contribution in [1.82, 2.24) is 9.13 Å². The molecule has 4 heterocycles. The lowest BCUT2D eigenvalue weighted by Crippen LogP contribution is -2.41. The summed E-state index contributed by atoms with van der Waals surface area (Å²) in [5.41, 5.74) is 6.73. The number of hydrogen-bond acceptors (Lipinski definition) is 6. The maximum absolute atomic E-state index is 15.3. The zero-order chi connectivity index (χ0) is 30.4. The lowest BCUT2D eigenvalue weighted by molar-refractivity contribution is 0.0964. The number of ether oxygens (including phenoxy) is 1. The summed E-state index contributed by atoms with van der Waals surface area (Å²) >= 11 is 0. The highest BCUT2D eigenvalue weighted by Crippen LogP contribution is 2.37. The van der Waals surface area contributed by atoms with E-state index in [9.17, 15) is 14.7 Å². The summed E-state index contributed by atoms with van der Waals surface area (Å²) in [5, 5.41) is 13.8. The number of nitrogens with one attached hydrogen (secondary N) is 1. The summed E-state index contributed by atoms with van der Waals surface area (Å²) in [6.07, 6.45) is 5.80. The summed E-state index contributed by atoms with van der Waals surface area (Å²) in [7, 11) is 1.64. The molecule has 0 bridgehead atoms. The summed E-state index contributed by atoms with van der Waals surface area (Å²) in [4.78, 5) is 30.8. The van der Waals surface area contributed by atoms with Crippen LogP contribution in [0.15, 0.2) is 59.5 Å². The average Bonchev–Trinajstić information content (AvgIpc) is 3.43. The molecule has 0 saturated carbocycles. The van der Waals surface area contributed by atoms with E-state index in [1.807, 2.05) is 30.3 Å².